The lowest BCUT2D eigenvalue weighted by Crippen LogP contribution is -2.49. The molecule has 3 nitrogen and oxygen atoms in total. The molecule has 0 amide bonds. The predicted octanol–water partition coefficient (Wildman–Crippen LogP) is 3.83. The summed E-state index contributed by atoms with van der Waals surface area (Å²) >= 11 is 7.22. The highest BCUT2D eigenvalue weighted by Gasteiger charge is 2.40. The molecule has 1 aromatic heterocycles. The molecule has 1 aliphatic carbocycles. The van der Waals surface area contributed by atoms with E-state index in [1.54, 1.807) is 15.8 Å². The Hall–Kier alpha value is -0.100. The Labute approximate surface area is 130 Å². The van der Waals surface area contributed by atoms with Crippen molar-refractivity contribution < 1.29 is 8.42 Å². The maximum Gasteiger partial charge on any atom is 0.244 e. The standard InChI is InChI=1S/C14H20ClNO2S2/c15-9-12-8-13(10-19-12)20(17,18)16-7-3-5-11-4-1-2-6-14(11)16/h8,10-11,14H,1-7,9H2. The molecule has 1 saturated carbocycles. The molecule has 112 valence electrons. The van der Waals surface area contributed by atoms with Crippen molar-refractivity contribution in [3.8, 4) is 0 Å². The van der Waals surface area contributed by atoms with Crippen molar-refractivity contribution >= 4 is 33.0 Å². The first kappa shape index (κ1) is 14.8. The van der Waals surface area contributed by atoms with E-state index in [-0.39, 0.29) is 6.04 Å². The molecule has 2 heterocycles. The summed E-state index contributed by atoms with van der Waals surface area (Å²) < 4.78 is 27.5. The maximum atomic E-state index is 12.9. The van der Waals surface area contributed by atoms with Gasteiger partial charge in [-0.2, -0.15) is 4.31 Å². The van der Waals surface area contributed by atoms with E-state index < -0.39 is 10.0 Å². The van der Waals surface area contributed by atoms with E-state index in [2.05, 4.69) is 0 Å². The number of halogens is 1. The van der Waals surface area contributed by atoms with E-state index >= 15 is 0 Å². The number of fused-ring (bicyclic) bond motifs is 1. The first-order valence-electron chi connectivity index (χ1n) is 7.28. The van der Waals surface area contributed by atoms with Crippen molar-refractivity contribution in [2.45, 2.75) is 55.3 Å². The molecule has 1 aromatic rings. The molecule has 1 aliphatic heterocycles. The fraction of sp³-hybridized carbons (Fsp3) is 0.714. The molecule has 0 radical (unpaired) electrons. The summed E-state index contributed by atoms with van der Waals surface area (Å²) in [5, 5.41) is 1.74. The Morgan fingerprint density at radius 2 is 2.00 bits per heavy atom. The van der Waals surface area contributed by atoms with Gasteiger partial charge in [0.25, 0.3) is 0 Å². The average molecular weight is 334 g/mol. The second-order valence-electron chi connectivity index (χ2n) is 5.75. The number of piperidine rings is 1. The van der Waals surface area contributed by atoms with E-state index in [0.29, 0.717) is 23.2 Å². The van der Waals surface area contributed by atoms with Crippen molar-refractivity contribution in [1.29, 1.82) is 0 Å². The third kappa shape index (κ3) is 2.65. The number of hydrogen-bond donors (Lipinski definition) is 0. The van der Waals surface area contributed by atoms with Crippen LogP contribution in [-0.2, 0) is 15.9 Å². The van der Waals surface area contributed by atoms with Crippen LogP contribution in [0.1, 0.15) is 43.4 Å². The van der Waals surface area contributed by atoms with Crippen LogP contribution in [0.2, 0.25) is 0 Å². The van der Waals surface area contributed by atoms with Crippen LogP contribution in [-0.4, -0.2) is 25.3 Å². The van der Waals surface area contributed by atoms with Gasteiger partial charge in [-0.05, 0) is 37.7 Å². The summed E-state index contributed by atoms with van der Waals surface area (Å²) in [7, 11) is -3.34. The lowest BCUT2D eigenvalue weighted by Gasteiger charge is -2.42. The topological polar surface area (TPSA) is 37.4 Å². The van der Waals surface area contributed by atoms with E-state index in [1.165, 1.54) is 30.6 Å². The van der Waals surface area contributed by atoms with Gasteiger partial charge in [-0.25, -0.2) is 8.42 Å². The number of sulfonamides is 1. The van der Waals surface area contributed by atoms with Crippen LogP contribution in [0.25, 0.3) is 0 Å². The van der Waals surface area contributed by atoms with Gasteiger partial charge in [-0.15, -0.1) is 22.9 Å². The van der Waals surface area contributed by atoms with Crippen molar-refractivity contribution in [3.05, 3.63) is 16.3 Å². The van der Waals surface area contributed by atoms with Gasteiger partial charge in [0.1, 0.15) is 0 Å². The quantitative estimate of drug-likeness (QED) is 0.788. The molecule has 3 rings (SSSR count). The second kappa shape index (κ2) is 5.95. The molecule has 0 N–H and O–H groups in total. The van der Waals surface area contributed by atoms with Gasteiger partial charge in [0.15, 0.2) is 0 Å². The smallest absolute Gasteiger partial charge is 0.207 e. The Morgan fingerprint density at radius 3 is 2.75 bits per heavy atom. The largest absolute Gasteiger partial charge is 0.244 e. The summed E-state index contributed by atoms with van der Waals surface area (Å²) in [4.78, 5) is 1.35. The molecule has 2 fully saturated rings. The minimum absolute atomic E-state index is 0.224. The number of nitrogens with zero attached hydrogens (tertiary/aromatic N) is 1. The zero-order valence-electron chi connectivity index (χ0n) is 11.4. The van der Waals surface area contributed by atoms with Crippen LogP contribution >= 0.6 is 22.9 Å². The lowest BCUT2D eigenvalue weighted by atomic mass is 9.79. The highest BCUT2D eigenvalue weighted by atomic mass is 35.5. The summed E-state index contributed by atoms with van der Waals surface area (Å²) in [5.41, 5.74) is 0. The van der Waals surface area contributed by atoms with Crippen LogP contribution in [0.5, 0.6) is 0 Å². The van der Waals surface area contributed by atoms with Crippen LogP contribution in [0.4, 0.5) is 0 Å². The Balaban J connectivity index is 1.89. The SMILES string of the molecule is O=S(=O)(c1csc(CCl)c1)N1CCCC2CCCCC21. The predicted molar refractivity (Wildman–Crippen MR) is 82.7 cm³/mol. The molecule has 2 unspecified atom stereocenters. The monoisotopic (exact) mass is 333 g/mol. The Kier molecular flexibility index (Phi) is 4.41. The molecule has 0 spiro atoms. The molecule has 1 saturated heterocycles. The molecule has 0 bridgehead atoms. The number of hydrogen-bond acceptors (Lipinski definition) is 3. The Bertz CT molecular complexity index is 567. The molecule has 20 heavy (non-hydrogen) atoms. The summed E-state index contributed by atoms with van der Waals surface area (Å²) in [6.07, 6.45) is 6.80. The first-order chi connectivity index (χ1) is 9.63. The van der Waals surface area contributed by atoms with Crippen molar-refractivity contribution in [2.75, 3.05) is 6.54 Å². The third-order valence-electron chi connectivity index (χ3n) is 4.56. The van der Waals surface area contributed by atoms with Crippen LogP contribution in [0.15, 0.2) is 16.3 Å². The fourth-order valence-electron chi connectivity index (χ4n) is 3.58. The van der Waals surface area contributed by atoms with Gasteiger partial charge in [-0.3, -0.25) is 0 Å². The van der Waals surface area contributed by atoms with Gasteiger partial charge >= 0.3 is 0 Å². The van der Waals surface area contributed by atoms with Crippen molar-refractivity contribution in [3.63, 3.8) is 0 Å². The highest BCUT2D eigenvalue weighted by molar-refractivity contribution is 7.89. The molecule has 2 atom stereocenters. The minimum Gasteiger partial charge on any atom is -0.207 e. The third-order valence-corrected chi connectivity index (χ3v) is 7.99. The summed E-state index contributed by atoms with van der Waals surface area (Å²) in [6, 6.07) is 1.96. The number of rotatable bonds is 3. The summed E-state index contributed by atoms with van der Waals surface area (Å²) in [5.74, 6) is 0.949. The minimum atomic E-state index is -3.34. The summed E-state index contributed by atoms with van der Waals surface area (Å²) in [6.45, 7) is 0.676. The zero-order chi connectivity index (χ0) is 14.2. The van der Waals surface area contributed by atoms with Gasteiger partial charge in [-0.1, -0.05) is 12.8 Å². The van der Waals surface area contributed by atoms with Crippen molar-refractivity contribution in [2.24, 2.45) is 5.92 Å². The number of thiophene rings is 1. The van der Waals surface area contributed by atoms with Gasteiger partial charge in [0.2, 0.25) is 10.0 Å². The number of alkyl halides is 1. The van der Waals surface area contributed by atoms with Gasteiger partial charge < -0.3 is 0 Å². The van der Waals surface area contributed by atoms with Crippen molar-refractivity contribution in [1.82, 2.24) is 4.31 Å². The molecule has 6 heteroatoms. The van der Waals surface area contributed by atoms with Gasteiger partial charge in [0, 0.05) is 22.8 Å². The van der Waals surface area contributed by atoms with E-state index in [9.17, 15) is 8.42 Å². The lowest BCUT2D eigenvalue weighted by molar-refractivity contribution is 0.129. The Morgan fingerprint density at radius 1 is 1.25 bits per heavy atom. The van der Waals surface area contributed by atoms with Crippen LogP contribution in [0, 0.1) is 5.92 Å². The fourth-order valence-corrected chi connectivity index (χ4v) is 6.71. The van der Waals surface area contributed by atoms with Crippen LogP contribution < -0.4 is 0 Å². The normalized spacial score (nSPS) is 28.2. The highest BCUT2D eigenvalue weighted by Crippen LogP contribution is 2.38. The molecule has 2 aliphatic rings. The maximum absolute atomic E-state index is 12.9. The van der Waals surface area contributed by atoms with Gasteiger partial charge in [0.05, 0.1) is 10.8 Å². The molecular formula is C14H20ClNO2S2. The van der Waals surface area contributed by atoms with E-state index in [0.717, 1.165) is 24.1 Å². The van der Waals surface area contributed by atoms with Crippen LogP contribution in [0.3, 0.4) is 0 Å². The van der Waals surface area contributed by atoms with E-state index in [1.807, 2.05) is 0 Å². The van der Waals surface area contributed by atoms with E-state index in [4.69, 9.17) is 11.6 Å². The first-order valence-corrected chi connectivity index (χ1v) is 10.1. The molecular weight excluding hydrogens is 314 g/mol. The second-order valence-corrected chi connectivity index (χ2v) is 8.91. The average Bonchev–Trinajstić information content (AvgIpc) is 2.96. The molecule has 0 aromatic carbocycles. The zero-order valence-corrected chi connectivity index (χ0v) is 13.8.